The normalized spacial score (nSPS) is 12.6. The first-order chi connectivity index (χ1) is 9.20. The molecular formula is C14H17BrIN3. The van der Waals surface area contributed by atoms with Crippen molar-refractivity contribution in [2.24, 2.45) is 0 Å². The zero-order chi connectivity index (χ0) is 13.7. The summed E-state index contributed by atoms with van der Waals surface area (Å²) >= 11 is 6.00. The molecule has 1 heterocycles. The molecule has 1 aromatic heterocycles. The standard InChI is InChI=1S/C14H17BrIN3/c1-2-5-17-13(9-14-18-6-7-19-14)11-8-10(16)3-4-12(11)15/h3-4,6-8,13,17H,2,5,9H2,1H3,(H,18,19). The van der Waals surface area contributed by atoms with Gasteiger partial charge < -0.3 is 10.3 Å². The Labute approximate surface area is 135 Å². The number of H-pyrrole nitrogens is 1. The van der Waals surface area contributed by atoms with Gasteiger partial charge in [-0.2, -0.15) is 0 Å². The molecule has 2 N–H and O–H groups in total. The lowest BCUT2D eigenvalue weighted by molar-refractivity contribution is 0.518. The third-order valence-electron chi connectivity index (χ3n) is 2.93. The van der Waals surface area contributed by atoms with Gasteiger partial charge in [-0.1, -0.05) is 22.9 Å². The largest absolute Gasteiger partial charge is 0.349 e. The van der Waals surface area contributed by atoms with Crippen molar-refractivity contribution in [3.8, 4) is 0 Å². The fourth-order valence-electron chi connectivity index (χ4n) is 2.00. The average molecular weight is 434 g/mol. The minimum absolute atomic E-state index is 0.273. The fraction of sp³-hybridized carbons (Fsp3) is 0.357. The van der Waals surface area contributed by atoms with E-state index in [0.29, 0.717) is 0 Å². The number of nitrogens with one attached hydrogen (secondary N) is 2. The van der Waals surface area contributed by atoms with E-state index in [1.54, 1.807) is 6.20 Å². The lowest BCUT2D eigenvalue weighted by Gasteiger charge is -2.19. The van der Waals surface area contributed by atoms with Crippen LogP contribution < -0.4 is 5.32 Å². The number of hydrogen-bond donors (Lipinski definition) is 2. The lowest BCUT2D eigenvalue weighted by Crippen LogP contribution is -2.25. The van der Waals surface area contributed by atoms with Crippen LogP contribution in [0.3, 0.4) is 0 Å². The zero-order valence-electron chi connectivity index (χ0n) is 10.8. The topological polar surface area (TPSA) is 40.7 Å². The van der Waals surface area contributed by atoms with Crippen LogP contribution in [0, 0.1) is 3.57 Å². The van der Waals surface area contributed by atoms with Gasteiger partial charge in [0.1, 0.15) is 5.82 Å². The van der Waals surface area contributed by atoms with Crippen molar-refractivity contribution in [3.63, 3.8) is 0 Å². The molecule has 0 radical (unpaired) electrons. The van der Waals surface area contributed by atoms with Gasteiger partial charge in [0.25, 0.3) is 0 Å². The minimum atomic E-state index is 0.273. The lowest BCUT2D eigenvalue weighted by atomic mass is 10.0. The molecule has 0 saturated carbocycles. The van der Waals surface area contributed by atoms with Gasteiger partial charge in [0, 0.05) is 32.9 Å². The molecule has 0 aliphatic carbocycles. The first-order valence-electron chi connectivity index (χ1n) is 6.37. The Morgan fingerprint density at radius 3 is 3.00 bits per heavy atom. The molecule has 0 amide bonds. The SMILES string of the molecule is CCCNC(Cc1ncc[nH]1)c1cc(I)ccc1Br. The van der Waals surface area contributed by atoms with Crippen LogP contribution in [0.2, 0.25) is 0 Å². The maximum atomic E-state index is 4.33. The highest BCUT2D eigenvalue weighted by molar-refractivity contribution is 14.1. The first-order valence-corrected chi connectivity index (χ1v) is 8.24. The van der Waals surface area contributed by atoms with E-state index in [9.17, 15) is 0 Å². The van der Waals surface area contributed by atoms with Crippen LogP contribution in [-0.2, 0) is 6.42 Å². The molecule has 19 heavy (non-hydrogen) atoms. The molecule has 0 saturated heterocycles. The Bertz CT molecular complexity index is 513. The van der Waals surface area contributed by atoms with Gasteiger partial charge >= 0.3 is 0 Å². The summed E-state index contributed by atoms with van der Waals surface area (Å²) in [6, 6.07) is 6.72. The van der Waals surface area contributed by atoms with Gasteiger partial charge in [0.2, 0.25) is 0 Å². The summed E-state index contributed by atoms with van der Waals surface area (Å²) in [7, 11) is 0. The second kappa shape index (κ2) is 7.40. The van der Waals surface area contributed by atoms with Crippen molar-refractivity contribution in [1.82, 2.24) is 15.3 Å². The molecule has 0 fully saturated rings. The summed E-state index contributed by atoms with van der Waals surface area (Å²) < 4.78 is 2.40. The van der Waals surface area contributed by atoms with E-state index in [0.717, 1.165) is 29.7 Å². The molecule has 0 spiro atoms. The molecule has 1 atom stereocenters. The van der Waals surface area contributed by atoms with E-state index in [1.807, 2.05) is 6.20 Å². The van der Waals surface area contributed by atoms with Crippen molar-refractivity contribution >= 4 is 38.5 Å². The van der Waals surface area contributed by atoms with E-state index in [2.05, 4.69) is 78.9 Å². The Hall–Kier alpha value is -0.400. The molecule has 102 valence electrons. The predicted molar refractivity (Wildman–Crippen MR) is 90.2 cm³/mol. The van der Waals surface area contributed by atoms with Crippen LogP contribution >= 0.6 is 38.5 Å². The molecular weight excluding hydrogens is 417 g/mol. The van der Waals surface area contributed by atoms with Crippen LogP contribution in [0.5, 0.6) is 0 Å². The van der Waals surface area contributed by atoms with E-state index in [-0.39, 0.29) is 6.04 Å². The average Bonchev–Trinajstić information content (AvgIpc) is 2.90. The monoisotopic (exact) mass is 433 g/mol. The Morgan fingerprint density at radius 1 is 1.47 bits per heavy atom. The molecule has 1 aromatic carbocycles. The quantitative estimate of drug-likeness (QED) is 0.674. The summed E-state index contributed by atoms with van der Waals surface area (Å²) in [5, 5.41) is 3.60. The van der Waals surface area contributed by atoms with Crippen LogP contribution in [0.15, 0.2) is 35.1 Å². The summed E-state index contributed by atoms with van der Waals surface area (Å²) in [6.45, 7) is 3.18. The summed E-state index contributed by atoms with van der Waals surface area (Å²) in [6.07, 6.45) is 5.66. The summed E-state index contributed by atoms with van der Waals surface area (Å²) in [4.78, 5) is 7.51. The highest BCUT2D eigenvalue weighted by atomic mass is 127. The number of hydrogen-bond acceptors (Lipinski definition) is 2. The Morgan fingerprint density at radius 2 is 2.32 bits per heavy atom. The number of rotatable bonds is 6. The van der Waals surface area contributed by atoms with E-state index in [1.165, 1.54) is 9.13 Å². The van der Waals surface area contributed by atoms with Crippen LogP contribution in [-0.4, -0.2) is 16.5 Å². The number of aromatic nitrogens is 2. The Kier molecular flexibility index (Phi) is 5.84. The highest BCUT2D eigenvalue weighted by Crippen LogP contribution is 2.27. The van der Waals surface area contributed by atoms with Crippen molar-refractivity contribution in [1.29, 1.82) is 0 Å². The molecule has 2 rings (SSSR count). The second-order valence-electron chi connectivity index (χ2n) is 4.41. The Balaban J connectivity index is 2.23. The zero-order valence-corrected chi connectivity index (χ0v) is 14.5. The van der Waals surface area contributed by atoms with Crippen LogP contribution in [0.25, 0.3) is 0 Å². The van der Waals surface area contributed by atoms with Crippen molar-refractivity contribution in [2.75, 3.05) is 6.54 Å². The number of halogens is 2. The number of nitrogens with zero attached hydrogens (tertiary/aromatic N) is 1. The van der Waals surface area contributed by atoms with E-state index in [4.69, 9.17) is 0 Å². The highest BCUT2D eigenvalue weighted by Gasteiger charge is 2.16. The maximum Gasteiger partial charge on any atom is 0.107 e. The third kappa shape index (κ3) is 4.29. The van der Waals surface area contributed by atoms with E-state index < -0.39 is 0 Å². The van der Waals surface area contributed by atoms with Crippen molar-refractivity contribution < 1.29 is 0 Å². The van der Waals surface area contributed by atoms with Crippen molar-refractivity contribution in [3.05, 3.63) is 50.0 Å². The molecule has 3 nitrogen and oxygen atoms in total. The molecule has 1 unspecified atom stereocenters. The van der Waals surface area contributed by atoms with Gasteiger partial charge in [0.05, 0.1) is 0 Å². The number of imidazole rings is 1. The molecule has 2 aromatic rings. The van der Waals surface area contributed by atoms with Crippen LogP contribution in [0.4, 0.5) is 0 Å². The van der Waals surface area contributed by atoms with Gasteiger partial charge in [-0.05, 0) is 59.3 Å². The summed E-state index contributed by atoms with van der Waals surface area (Å²) in [5.41, 5.74) is 1.29. The minimum Gasteiger partial charge on any atom is -0.349 e. The first kappa shape index (κ1) is 15.0. The number of aromatic amines is 1. The fourth-order valence-corrected chi connectivity index (χ4v) is 3.03. The smallest absolute Gasteiger partial charge is 0.107 e. The molecule has 0 bridgehead atoms. The molecule has 5 heteroatoms. The predicted octanol–water partition coefficient (Wildman–Crippen LogP) is 4.06. The second-order valence-corrected chi connectivity index (χ2v) is 6.51. The third-order valence-corrected chi connectivity index (χ3v) is 4.32. The maximum absolute atomic E-state index is 4.33. The van der Waals surface area contributed by atoms with Gasteiger partial charge in [0.15, 0.2) is 0 Å². The molecule has 0 aliphatic rings. The summed E-state index contributed by atoms with van der Waals surface area (Å²) in [5.74, 6) is 1.01. The van der Waals surface area contributed by atoms with Crippen LogP contribution in [0.1, 0.15) is 30.8 Å². The van der Waals surface area contributed by atoms with Gasteiger partial charge in [-0.15, -0.1) is 0 Å². The number of benzene rings is 1. The molecule has 0 aliphatic heterocycles. The van der Waals surface area contributed by atoms with E-state index >= 15 is 0 Å². The van der Waals surface area contributed by atoms with Gasteiger partial charge in [-0.25, -0.2) is 4.98 Å². The van der Waals surface area contributed by atoms with Gasteiger partial charge in [-0.3, -0.25) is 0 Å². The van der Waals surface area contributed by atoms with Crippen molar-refractivity contribution in [2.45, 2.75) is 25.8 Å².